The SMILES string of the molecule is CC(C)CN1CCCCC12CC2. The molecule has 12 heavy (non-hydrogen) atoms. The summed E-state index contributed by atoms with van der Waals surface area (Å²) in [6.45, 7) is 7.38. The maximum absolute atomic E-state index is 2.77. The van der Waals surface area contributed by atoms with Gasteiger partial charge in [0.1, 0.15) is 0 Å². The molecule has 0 unspecified atom stereocenters. The van der Waals surface area contributed by atoms with E-state index in [1.807, 2.05) is 0 Å². The van der Waals surface area contributed by atoms with Crippen molar-refractivity contribution in [2.45, 2.75) is 51.5 Å². The summed E-state index contributed by atoms with van der Waals surface area (Å²) < 4.78 is 0. The Balaban J connectivity index is 1.93. The van der Waals surface area contributed by atoms with Gasteiger partial charge >= 0.3 is 0 Å². The fourth-order valence-corrected chi connectivity index (χ4v) is 2.59. The lowest BCUT2D eigenvalue weighted by Gasteiger charge is -2.37. The van der Waals surface area contributed by atoms with Crippen LogP contribution in [-0.2, 0) is 0 Å². The van der Waals surface area contributed by atoms with Crippen molar-refractivity contribution in [3.63, 3.8) is 0 Å². The van der Waals surface area contributed by atoms with Gasteiger partial charge in [0.25, 0.3) is 0 Å². The molecule has 0 aromatic carbocycles. The molecule has 0 amide bonds. The third-order valence-corrected chi connectivity index (χ3v) is 3.40. The molecular formula is C11H21N. The zero-order valence-corrected chi connectivity index (χ0v) is 8.47. The third-order valence-electron chi connectivity index (χ3n) is 3.40. The van der Waals surface area contributed by atoms with Gasteiger partial charge in [0.05, 0.1) is 0 Å². The molecule has 2 aliphatic rings. The summed E-state index contributed by atoms with van der Waals surface area (Å²) >= 11 is 0. The first-order chi connectivity index (χ1) is 5.73. The highest BCUT2D eigenvalue weighted by Gasteiger charge is 2.48. The lowest BCUT2D eigenvalue weighted by Crippen LogP contribution is -2.43. The molecule has 1 saturated carbocycles. The van der Waals surface area contributed by atoms with Crippen molar-refractivity contribution in [2.24, 2.45) is 5.92 Å². The molecule has 0 bridgehead atoms. The molecule has 0 N–H and O–H groups in total. The van der Waals surface area contributed by atoms with Gasteiger partial charge in [-0.25, -0.2) is 0 Å². The van der Waals surface area contributed by atoms with Crippen LogP contribution < -0.4 is 0 Å². The normalized spacial score (nSPS) is 28.2. The van der Waals surface area contributed by atoms with E-state index in [-0.39, 0.29) is 0 Å². The number of nitrogens with zero attached hydrogens (tertiary/aromatic N) is 1. The van der Waals surface area contributed by atoms with Crippen molar-refractivity contribution in [2.75, 3.05) is 13.1 Å². The fraction of sp³-hybridized carbons (Fsp3) is 1.00. The van der Waals surface area contributed by atoms with E-state index in [1.54, 1.807) is 0 Å². The fourth-order valence-electron chi connectivity index (χ4n) is 2.59. The number of hydrogen-bond acceptors (Lipinski definition) is 1. The molecule has 1 heteroatoms. The van der Waals surface area contributed by atoms with Crippen LogP contribution in [-0.4, -0.2) is 23.5 Å². The van der Waals surface area contributed by atoms with Gasteiger partial charge in [-0.3, -0.25) is 4.90 Å². The Bertz CT molecular complexity index is 158. The van der Waals surface area contributed by atoms with Crippen LogP contribution in [0.25, 0.3) is 0 Å². The van der Waals surface area contributed by atoms with E-state index < -0.39 is 0 Å². The Morgan fingerprint density at radius 3 is 2.50 bits per heavy atom. The predicted octanol–water partition coefficient (Wildman–Crippen LogP) is 2.66. The van der Waals surface area contributed by atoms with E-state index in [1.165, 1.54) is 45.2 Å². The molecule has 1 heterocycles. The Morgan fingerprint density at radius 1 is 1.17 bits per heavy atom. The van der Waals surface area contributed by atoms with E-state index in [2.05, 4.69) is 18.7 Å². The standard InChI is InChI=1S/C11H21N/c1-10(2)9-12-8-4-3-5-11(12)6-7-11/h10H,3-9H2,1-2H3. The maximum Gasteiger partial charge on any atom is 0.0211 e. The van der Waals surface area contributed by atoms with Crippen molar-refractivity contribution in [3.8, 4) is 0 Å². The molecule has 1 spiro atoms. The van der Waals surface area contributed by atoms with Crippen LogP contribution in [0.5, 0.6) is 0 Å². The molecule has 2 rings (SSSR count). The van der Waals surface area contributed by atoms with Crippen LogP contribution in [0.3, 0.4) is 0 Å². The van der Waals surface area contributed by atoms with Gasteiger partial charge in [-0.15, -0.1) is 0 Å². The van der Waals surface area contributed by atoms with E-state index in [9.17, 15) is 0 Å². The van der Waals surface area contributed by atoms with Crippen LogP contribution >= 0.6 is 0 Å². The topological polar surface area (TPSA) is 3.24 Å². The molecule has 0 radical (unpaired) electrons. The van der Waals surface area contributed by atoms with Crippen LogP contribution in [0.2, 0.25) is 0 Å². The second-order valence-corrected chi connectivity index (χ2v) is 5.02. The molecule has 1 nitrogen and oxygen atoms in total. The highest BCUT2D eigenvalue weighted by atomic mass is 15.2. The summed E-state index contributed by atoms with van der Waals surface area (Å²) in [4.78, 5) is 2.77. The van der Waals surface area contributed by atoms with Gasteiger partial charge in [-0.2, -0.15) is 0 Å². The Kier molecular flexibility index (Phi) is 2.16. The van der Waals surface area contributed by atoms with Crippen LogP contribution in [0.1, 0.15) is 46.0 Å². The maximum atomic E-state index is 2.77. The summed E-state index contributed by atoms with van der Waals surface area (Å²) in [6.07, 6.45) is 7.38. The lowest BCUT2D eigenvalue weighted by atomic mass is 9.98. The summed E-state index contributed by atoms with van der Waals surface area (Å²) in [6, 6.07) is 0. The van der Waals surface area contributed by atoms with Crippen molar-refractivity contribution in [1.29, 1.82) is 0 Å². The Labute approximate surface area is 76.1 Å². The Hall–Kier alpha value is -0.0400. The quantitative estimate of drug-likeness (QED) is 0.611. The molecule has 1 saturated heterocycles. The average Bonchev–Trinajstić information content (AvgIpc) is 2.75. The predicted molar refractivity (Wildman–Crippen MR) is 52.2 cm³/mol. The molecular weight excluding hydrogens is 146 g/mol. The van der Waals surface area contributed by atoms with Gasteiger partial charge in [-0.1, -0.05) is 20.3 Å². The third kappa shape index (κ3) is 1.52. The van der Waals surface area contributed by atoms with Crippen LogP contribution in [0, 0.1) is 5.92 Å². The first-order valence-electron chi connectivity index (χ1n) is 5.48. The summed E-state index contributed by atoms with van der Waals surface area (Å²) in [5.41, 5.74) is 0.711. The van der Waals surface area contributed by atoms with Crippen molar-refractivity contribution in [1.82, 2.24) is 4.90 Å². The summed E-state index contributed by atoms with van der Waals surface area (Å²) in [5, 5.41) is 0. The van der Waals surface area contributed by atoms with Gasteiger partial charge in [0.15, 0.2) is 0 Å². The molecule has 2 fully saturated rings. The van der Waals surface area contributed by atoms with Crippen LogP contribution in [0.4, 0.5) is 0 Å². The summed E-state index contributed by atoms with van der Waals surface area (Å²) in [7, 11) is 0. The highest BCUT2D eigenvalue weighted by molar-refractivity contribution is 5.05. The van der Waals surface area contributed by atoms with Crippen molar-refractivity contribution in [3.05, 3.63) is 0 Å². The minimum atomic E-state index is 0.711. The average molecular weight is 167 g/mol. The zero-order chi connectivity index (χ0) is 8.60. The first-order valence-corrected chi connectivity index (χ1v) is 5.48. The molecule has 0 aromatic heterocycles. The number of likely N-dealkylation sites (tertiary alicyclic amines) is 1. The monoisotopic (exact) mass is 167 g/mol. The van der Waals surface area contributed by atoms with E-state index >= 15 is 0 Å². The van der Waals surface area contributed by atoms with Crippen molar-refractivity contribution >= 4 is 0 Å². The smallest absolute Gasteiger partial charge is 0.0211 e. The van der Waals surface area contributed by atoms with Crippen molar-refractivity contribution < 1.29 is 0 Å². The molecule has 0 atom stereocenters. The molecule has 0 aromatic rings. The van der Waals surface area contributed by atoms with Crippen LogP contribution in [0.15, 0.2) is 0 Å². The van der Waals surface area contributed by atoms with E-state index in [4.69, 9.17) is 0 Å². The number of rotatable bonds is 2. The minimum Gasteiger partial charge on any atom is -0.297 e. The molecule has 1 aliphatic heterocycles. The highest BCUT2D eigenvalue weighted by Crippen LogP contribution is 2.48. The van der Waals surface area contributed by atoms with Gasteiger partial charge in [-0.05, 0) is 38.1 Å². The van der Waals surface area contributed by atoms with E-state index in [0.717, 1.165) is 5.92 Å². The summed E-state index contributed by atoms with van der Waals surface area (Å²) in [5.74, 6) is 0.848. The molecule has 70 valence electrons. The number of piperidine rings is 1. The van der Waals surface area contributed by atoms with Gasteiger partial charge in [0.2, 0.25) is 0 Å². The molecule has 1 aliphatic carbocycles. The van der Waals surface area contributed by atoms with Gasteiger partial charge < -0.3 is 0 Å². The first kappa shape index (κ1) is 8.55. The van der Waals surface area contributed by atoms with E-state index in [0.29, 0.717) is 5.54 Å². The zero-order valence-electron chi connectivity index (χ0n) is 8.47. The Morgan fingerprint density at radius 2 is 1.92 bits per heavy atom. The minimum absolute atomic E-state index is 0.711. The largest absolute Gasteiger partial charge is 0.297 e. The van der Waals surface area contributed by atoms with Gasteiger partial charge in [0, 0.05) is 12.1 Å². The second kappa shape index (κ2) is 3.02. The second-order valence-electron chi connectivity index (χ2n) is 5.02. The lowest BCUT2D eigenvalue weighted by molar-refractivity contribution is 0.114. The number of hydrogen-bond donors (Lipinski definition) is 0.